The van der Waals surface area contributed by atoms with E-state index in [0.717, 1.165) is 53.9 Å². The molecular weight excluding hydrogens is 298 g/mol. The van der Waals surface area contributed by atoms with E-state index in [0.29, 0.717) is 0 Å². The molecule has 122 valence electrons. The summed E-state index contributed by atoms with van der Waals surface area (Å²) in [6.45, 7) is 3.55. The van der Waals surface area contributed by atoms with Crippen LogP contribution in [-0.4, -0.2) is 33.9 Å². The Bertz CT molecular complexity index is 850. The SMILES string of the molecule is Cc1ccccc1C(=O)N1CCC[C@@H](c2nc3ccccc3[nH]2)C1. The fourth-order valence-corrected chi connectivity index (χ4v) is 3.53. The summed E-state index contributed by atoms with van der Waals surface area (Å²) in [7, 11) is 0. The Morgan fingerprint density at radius 3 is 2.79 bits per heavy atom. The largest absolute Gasteiger partial charge is 0.342 e. The molecule has 2 aromatic carbocycles. The Labute approximate surface area is 141 Å². The molecule has 1 amide bonds. The normalized spacial score (nSPS) is 18.0. The number of nitrogens with zero attached hydrogens (tertiary/aromatic N) is 2. The molecule has 0 bridgehead atoms. The molecular formula is C20H21N3O. The van der Waals surface area contributed by atoms with Gasteiger partial charge in [0.1, 0.15) is 5.82 Å². The van der Waals surface area contributed by atoms with Crippen molar-refractivity contribution in [3.05, 3.63) is 65.5 Å². The molecule has 1 N–H and O–H groups in total. The third kappa shape index (κ3) is 2.68. The first kappa shape index (κ1) is 14.9. The van der Waals surface area contributed by atoms with Gasteiger partial charge in [-0.05, 0) is 43.5 Å². The zero-order chi connectivity index (χ0) is 16.5. The van der Waals surface area contributed by atoms with E-state index in [1.165, 1.54) is 0 Å². The number of aryl methyl sites for hydroxylation is 1. The molecule has 1 aliphatic rings. The summed E-state index contributed by atoms with van der Waals surface area (Å²) in [6.07, 6.45) is 2.08. The lowest BCUT2D eigenvalue weighted by Crippen LogP contribution is -2.39. The number of aromatic nitrogens is 2. The fraction of sp³-hybridized carbons (Fsp3) is 0.300. The third-order valence-corrected chi connectivity index (χ3v) is 4.88. The lowest BCUT2D eigenvalue weighted by atomic mass is 9.96. The molecule has 1 fully saturated rings. The summed E-state index contributed by atoms with van der Waals surface area (Å²) in [5.41, 5.74) is 3.90. The average molecular weight is 319 g/mol. The number of fused-ring (bicyclic) bond motifs is 1. The molecule has 0 radical (unpaired) electrons. The molecule has 3 aromatic rings. The van der Waals surface area contributed by atoms with Gasteiger partial charge in [-0.25, -0.2) is 4.98 Å². The number of carbonyl (C=O) groups excluding carboxylic acids is 1. The maximum absolute atomic E-state index is 12.9. The van der Waals surface area contributed by atoms with Crippen molar-refractivity contribution in [3.8, 4) is 0 Å². The van der Waals surface area contributed by atoms with Gasteiger partial charge in [-0.3, -0.25) is 4.79 Å². The van der Waals surface area contributed by atoms with Crippen LogP contribution < -0.4 is 0 Å². The van der Waals surface area contributed by atoms with Gasteiger partial charge in [0, 0.05) is 24.6 Å². The van der Waals surface area contributed by atoms with Crippen LogP contribution in [0.2, 0.25) is 0 Å². The van der Waals surface area contributed by atoms with Crippen molar-refractivity contribution in [2.75, 3.05) is 13.1 Å². The van der Waals surface area contributed by atoms with Gasteiger partial charge >= 0.3 is 0 Å². The highest BCUT2D eigenvalue weighted by molar-refractivity contribution is 5.95. The van der Waals surface area contributed by atoms with Crippen LogP contribution in [0.15, 0.2) is 48.5 Å². The summed E-state index contributed by atoms with van der Waals surface area (Å²) in [4.78, 5) is 23.0. The zero-order valence-corrected chi connectivity index (χ0v) is 13.8. The number of nitrogens with one attached hydrogen (secondary N) is 1. The van der Waals surface area contributed by atoms with E-state index in [1.807, 2.05) is 60.4 Å². The Hall–Kier alpha value is -2.62. The predicted octanol–water partition coefficient (Wildman–Crippen LogP) is 3.89. The van der Waals surface area contributed by atoms with E-state index in [9.17, 15) is 4.79 Å². The van der Waals surface area contributed by atoms with E-state index in [2.05, 4.69) is 4.98 Å². The topological polar surface area (TPSA) is 49.0 Å². The second-order valence-electron chi connectivity index (χ2n) is 6.54. The molecule has 1 saturated heterocycles. The summed E-state index contributed by atoms with van der Waals surface area (Å²) < 4.78 is 0. The minimum atomic E-state index is 0.133. The standard InChI is InChI=1S/C20H21N3O/c1-14-7-2-3-9-16(14)20(24)23-12-6-8-15(13-23)19-21-17-10-4-5-11-18(17)22-19/h2-5,7,9-11,15H,6,8,12-13H2,1H3,(H,21,22)/t15-/m1/s1. The number of rotatable bonds is 2. The van der Waals surface area contributed by atoms with Gasteiger partial charge in [0.25, 0.3) is 5.91 Å². The second kappa shape index (κ2) is 6.11. The summed E-state index contributed by atoms with van der Waals surface area (Å²) in [5, 5.41) is 0. The molecule has 4 nitrogen and oxygen atoms in total. The molecule has 4 rings (SSSR count). The number of aromatic amines is 1. The van der Waals surface area contributed by atoms with Crippen LogP contribution in [0.3, 0.4) is 0 Å². The number of carbonyl (C=O) groups is 1. The number of amides is 1. The van der Waals surface area contributed by atoms with Gasteiger partial charge in [-0.2, -0.15) is 0 Å². The van der Waals surface area contributed by atoms with Crippen LogP contribution in [0.5, 0.6) is 0 Å². The molecule has 4 heteroatoms. The molecule has 2 heterocycles. The van der Waals surface area contributed by atoms with E-state index in [1.54, 1.807) is 0 Å². The number of benzene rings is 2. The van der Waals surface area contributed by atoms with Crippen molar-refractivity contribution in [2.45, 2.75) is 25.7 Å². The molecule has 1 aromatic heterocycles. The number of piperidine rings is 1. The van der Waals surface area contributed by atoms with Gasteiger partial charge in [0.2, 0.25) is 0 Å². The van der Waals surface area contributed by atoms with Gasteiger partial charge in [-0.1, -0.05) is 30.3 Å². The van der Waals surface area contributed by atoms with Crippen LogP contribution in [0, 0.1) is 6.92 Å². The highest BCUT2D eigenvalue weighted by Crippen LogP contribution is 2.28. The maximum atomic E-state index is 12.9. The van der Waals surface area contributed by atoms with Crippen molar-refractivity contribution in [2.24, 2.45) is 0 Å². The second-order valence-corrected chi connectivity index (χ2v) is 6.54. The van der Waals surface area contributed by atoms with E-state index < -0.39 is 0 Å². The first-order chi connectivity index (χ1) is 11.7. The van der Waals surface area contributed by atoms with Crippen LogP contribution in [0.1, 0.15) is 40.5 Å². The van der Waals surface area contributed by atoms with Gasteiger partial charge in [0.15, 0.2) is 0 Å². The van der Waals surface area contributed by atoms with Gasteiger partial charge in [-0.15, -0.1) is 0 Å². The highest BCUT2D eigenvalue weighted by Gasteiger charge is 2.27. The van der Waals surface area contributed by atoms with E-state index in [-0.39, 0.29) is 11.8 Å². The Balaban J connectivity index is 1.57. The fourth-order valence-electron chi connectivity index (χ4n) is 3.53. The quantitative estimate of drug-likeness (QED) is 0.779. The minimum Gasteiger partial charge on any atom is -0.342 e. The van der Waals surface area contributed by atoms with E-state index in [4.69, 9.17) is 4.98 Å². The molecule has 0 spiro atoms. The molecule has 1 aliphatic heterocycles. The lowest BCUT2D eigenvalue weighted by Gasteiger charge is -2.32. The number of imidazole rings is 1. The smallest absolute Gasteiger partial charge is 0.254 e. The zero-order valence-electron chi connectivity index (χ0n) is 13.8. The lowest BCUT2D eigenvalue weighted by molar-refractivity contribution is 0.0704. The van der Waals surface area contributed by atoms with Crippen LogP contribution >= 0.6 is 0 Å². The Morgan fingerprint density at radius 2 is 1.96 bits per heavy atom. The molecule has 0 unspecified atom stereocenters. The maximum Gasteiger partial charge on any atom is 0.254 e. The Kier molecular flexibility index (Phi) is 3.81. The average Bonchev–Trinajstić information content (AvgIpc) is 3.06. The summed E-state index contributed by atoms with van der Waals surface area (Å²) in [6, 6.07) is 15.9. The molecule has 0 aliphatic carbocycles. The van der Waals surface area contributed by atoms with Crippen LogP contribution in [0.4, 0.5) is 0 Å². The van der Waals surface area contributed by atoms with Crippen molar-refractivity contribution >= 4 is 16.9 Å². The van der Waals surface area contributed by atoms with E-state index >= 15 is 0 Å². The van der Waals surface area contributed by atoms with Gasteiger partial charge < -0.3 is 9.88 Å². The Morgan fingerprint density at radius 1 is 1.17 bits per heavy atom. The summed E-state index contributed by atoms with van der Waals surface area (Å²) in [5.74, 6) is 1.41. The van der Waals surface area contributed by atoms with Crippen molar-refractivity contribution < 1.29 is 4.79 Å². The molecule has 0 saturated carbocycles. The molecule has 24 heavy (non-hydrogen) atoms. The van der Waals surface area contributed by atoms with Gasteiger partial charge in [0.05, 0.1) is 11.0 Å². The third-order valence-electron chi connectivity index (χ3n) is 4.88. The predicted molar refractivity (Wildman–Crippen MR) is 95.2 cm³/mol. The highest BCUT2D eigenvalue weighted by atomic mass is 16.2. The van der Waals surface area contributed by atoms with Crippen LogP contribution in [0.25, 0.3) is 11.0 Å². The monoisotopic (exact) mass is 319 g/mol. The number of hydrogen-bond donors (Lipinski definition) is 1. The first-order valence-corrected chi connectivity index (χ1v) is 8.52. The number of hydrogen-bond acceptors (Lipinski definition) is 2. The molecule has 1 atom stereocenters. The minimum absolute atomic E-state index is 0.133. The first-order valence-electron chi connectivity index (χ1n) is 8.52. The van der Waals surface area contributed by atoms with Crippen molar-refractivity contribution in [1.29, 1.82) is 0 Å². The number of H-pyrrole nitrogens is 1. The van der Waals surface area contributed by atoms with Crippen LogP contribution in [-0.2, 0) is 0 Å². The number of likely N-dealkylation sites (tertiary alicyclic amines) is 1. The van der Waals surface area contributed by atoms with Crippen molar-refractivity contribution in [1.82, 2.24) is 14.9 Å². The number of para-hydroxylation sites is 2. The summed E-state index contributed by atoms with van der Waals surface area (Å²) >= 11 is 0. The van der Waals surface area contributed by atoms with Crippen molar-refractivity contribution in [3.63, 3.8) is 0 Å².